The fourth-order valence-electron chi connectivity index (χ4n) is 3.02. The maximum absolute atomic E-state index is 10.7. The highest BCUT2D eigenvalue weighted by molar-refractivity contribution is 5.79. The summed E-state index contributed by atoms with van der Waals surface area (Å²) in [6, 6.07) is 8.23. The summed E-state index contributed by atoms with van der Waals surface area (Å²) in [5.41, 5.74) is 5.93. The molecule has 1 aliphatic heterocycles. The molecule has 0 spiro atoms. The van der Waals surface area contributed by atoms with Gasteiger partial charge in [0.1, 0.15) is 0 Å². The average molecular weight is 296 g/mol. The van der Waals surface area contributed by atoms with Crippen molar-refractivity contribution in [1.82, 2.24) is 4.98 Å². The van der Waals surface area contributed by atoms with Gasteiger partial charge in [-0.2, -0.15) is 0 Å². The van der Waals surface area contributed by atoms with E-state index in [1.807, 2.05) is 13.0 Å². The predicted molar refractivity (Wildman–Crippen MR) is 90.0 cm³/mol. The second-order valence-electron chi connectivity index (χ2n) is 6.48. The molecule has 0 fully saturated rings. The predicted octanol–water partition coefficient (Wildman–Crippen LogP) is 3.92. The molecule has 0 amide bonds. The molecule has 1 aromatic carbocycles. The van der Waals surface area contributed by atoms with Crippen LogP contribution in [-0.2, 0) is 6.42 Å². The van der Waals surface area contributed by atoms with Crippen LogP contribution in [-0.4, -0.2) is 17.6 Å². The summed E-state index contributed by atoms with van der Waals surface area (Å²) in [5.74, 6) is 0.554. The largest absolute Gasteiger partial charge is 0.380 e. The van der Waals surface area contributed by atoms with Gasteiger partial charge in [-0.25, -0.2) is 9.99 Å². The van der Waals surface area contributed by atoms with Crippen LogP contribution in [0.2, 0.25) is 0 Å². The SMILES string of the molecule is Cc1cnc(N(C)N=O)cc1-c1cccc2c1CC(C)(C)N2. The number of nitroso groups, excluding NO2 is 1. The summed E-state index contributed by atoms with van der Waals surface area (Å²) in [5, 5.41) is 7.73. The van der Waals surface area contributed by atoms with Crippen molar-refractivity contribution in [3.63, 3.8) is 0 Å². The van der Waals surface area contributed by atoms with Crippen LogP contribution >= 0.6 is 0 Å². The van der Waals surface area contributed by atoms with Crippen molar-refractivity contribution in [1.29, 1.82) is 0 Å². The zero-order valence-electron chi connectivity index (χ0n) is 13.3. The second kappa shape index (κ2) is 5.09. The first-order chi connectivity index (χ1) is 10.4. The van der Waals surface area contributed by atoms with E-state index < -0.39 is 0 Å². The van der Waals surface area contributed by atoms with E-state index in [4.69, 9.17) is 0 Å². The van der Waals surface area contributed by atoms with Gasteiger partial charge in [-0.15, -0.1) is 4.91 Å². The Hall–Kier alpha value is -2.43. The van der Waals surface area contributed by atoms with Gasteiger partial charge in [-0.05, 0) is 61.6 Å². The van der Waals surface area contributed by atoms with Crippen LogP contribution in [0, 0.1) is 11.8 Å². The quantitative estimate of drug-likeness (QED) is 0.689. The van der Waals surface area contributed by atoms with Crippen LogP contribution in [0.3, 0.4) is 0 Å². The fraction of sp³-hybridized carbons (Fsp3) is 0.353. The fourth-order valence-corrected chi connectivity index (χ4v) is 3.02. The molecule has 2 heterocycles. The summed E-state index contributed by atoms with van der Waals surface area (Å²) in [7, 11) is 1.61. The number of nitrogens with zero attached hydrogens (tertiary/aromatic N) is 3. The Labute approximate surface area is 130 Å². The standard InChI is InChI=1S/C17H20N4O/c1-11-10-18-16(21(4)20-22)8-13(11)12-6-5-7-15-14(12)9-17(2,3)19-15/h5-8,10,19H,9H2,1-4H3. The zero-order chi connectivity index (χ0) is 15.9. The number of aromatic nitrogens is 1. The van der Waals surface area contributed by atoms with E-state index in [-0.39, 0.29) is 5.54 Å². The van der Waals surface area contributed by atoms with E-state index in [0.717, 1.165) is 17.5 Å². The van der Waals surface area contributed by atoms with E-state index in [0.29, 0.717) is 5.82 Å². The molecule has 1 aliphatic rings. The maximum atomic E-state index is 10.7. The van der Waals surface area contributed by atoms with E-state index in [1.54, 1.807) is 13.2 Å². The molecule has 0 bridgehead atoms. The zero-order valence-corrected chi connectivity index (χ0v) is 13.3. The minimum atomic E-state index is 0.0589. The molecule has 0 aliphatic carbocycles. The highest BCUT2D eigenvalue weighted by Crippen LogP contribution is 2.40. The number of hydrogen-bond donors (Lipinski definition) is 1. The number of fused-ring (bicyclic) bond motifs is 1. The van der Waals surface area contributed by atoms with Gasteiger partial charge in [0, 0.05) is 24.5 Å². The molecule has 1 N–H and O–H groups in total. The number of anilines is 2. The van der Waals surface area contributed by atoms with E-state index in [2.05, 4.69) is 47.6 Å². The van der Waals surface area contributed by atoms with Gasteiger partial charge in [0.15, 0.2) is 5.82 Å². The topological polar surface area (TPSA) is 57.6 Å². The van der Waals surface area contributed by atoms with Gasteiger partial charge >= 0.3 is 0 Å². The molecular formula is C17H20N4O. The lowest BCUT2D eigenvalue weighted by Gasteiger charge is -2.18. The Kier molecular flexibility index (Phi) is 3.35. The van der Waals surface area contributed by atoms with Crippen molar-refractivity contribution in [3.05, 3.63) is 46.5 Å². The Morgan fingerprint density at radius 1 is 1.32 bits per heavy atom. The third-order valence-corrected chi connectivity index (χ3v) is 4.10. The summed E-state index contributed by atoms with van der Waals surface area (Å²) < 4.78 is 0. The molecular weight excluding hydrogens is 276 g/mol. The van der Waals surface area contributed by atoms with Gasteiger partial charge < -0.3 is 5.32 Å². The van der Waals surface area contributed by atoms with Gasteiger partial charge in [0.25, 0.3) is 0 Å². The van der Waals surface area contributed by atoms with Crippen LogP contribution in [0.1, 0.15) is 25.0 Å². The first-order valence-electron chi connectivity index (χ1n) is 7.35. The Morgan fingerprint density at radius 3 is 2.82 bits per heavy atom. The maximum Gasteiger partial charge on any atom is 0.152 e. The third-order valence-electron chi connectivity index (χ3n) is 4.10. The number of pyridine rings is 1. The number of benzene rings is 1. The van der Waals surface area contributed by atoms with Crippen LogP contribution < -0.4 is 10.3 Å². The number of aryl methyl sites for hydroxylation is 1. The first kappa shape index (κ1) is 14.5. The lowest BCUT2D eigenvalue weighted by atomic mass is 9.92. The van der Waals surface area contributed by atoms with Gasteiger partial charge in [0.05, 0.1) is 5.29 Å². The molecule has 5 nitrogen and oxygen atoms in total. The highest BCUT2D eigenvalue weighted by atomic mass is 16.3. The summed E-state index contributed by atoms with van der Waals surface area (Å²) >= 11 is 0. The molecule has 0 radical (unpaired) electrons. The average Bonchev–Trinajstić information content (AvgIpc) is 2.80. The molecule has 22 heavy (non-hydrogen) atoms. The van der Waals surface area contributed by atoms with Crippen molar-refractivity contribution >= 4 is 11.5 Å². The minimum Gasteiger partial charge on any atom is -0.380 e. The van der Waals surface area contributed by atoms with Gasteiger partial charge in [0.2, 0.25) is 0 Å². The summed E-state index contributed by atoms with van der Waals surface area (Å²) in [4.78, 5) is 15.0. The van der Waals surface area contributed by atoms with Crippen molar-refractivity contribution in [3.8, 4) is 11.1 Å². The van der Waals surface area contributed by atoms with Crippen LogP contribution in [0.25, 0.3) is 11.1 Å². The van der Waals surface area contributed by atoms with Crippen molar-refractivity contribution in [2.75, 3.05) is 17.4 Å². The summed E-state index contributed by atoms with van der Waals surface area (Å²) in [6.07, 6.45) is 2.76. The van der Waals surface area contributed by atoms with E-state index in [1.165, 1.54) is 21.8 Å². The van der Waals surface area contributed by atoms with Gasteiger partial charge in [-0.3, -0.25) is 0 Å². The normalized spacial score (nSPS) is 15.1. The monoisotopic (exact) mass is 296 g/mol. The number of hydrogen-bond acceptors (Lipinski definition) is 4. The molecule has 5 heteroatoms. The molecule has 1 aromatic heterocycles. The Morgan fingerprint density at radius 2 is 2.09 bits per heavy atom. The van der Waals surface area contributed by atoms with Crippen LogP contribution in [0.4, 0.5) is 11.5 Å². The Bertz CT molecular complexity index is 739. The molecule has 0 saturated heterocycles. The number of rotatable bonds is 3. The smallest absolute Gasteiger partial charge is 0.152 e. The van der Waals surface area contributed by atoms with E-state index >= 15 is 0 Å². The Balaban J connectivity index is 2.14. The van der Waals surface area contributed by atoms with Crippen LogP contribution in [0.15, 0.2) is 35.7 Å². The molecule has 114 valence electrons. The lowest BCUT2D eigenvalue weighted by Crippen LogP contribution is -2.27. The second-order valence-corrected chi connectivity index (χ2v) is 6.48. The van der Waals surface area contributed by atoms with Crippen LogP contribution in [0.5, 0.6) is 0 Å². The lowest BCUT2D eigenvalue weighted by molar-refractivity contribution is 0.594. The van der Waals surface area contributed by atoms with Crippen molar-refractivity contribution in [2.45, 2.75) is 32.7 Å². The molecule has 0 saturated carbocycles. The van der Waals surface area contributed by atoms with E-state index in [9.17, 15) is 4.91 Å². The highest BCUT2D eigenvalue weighted by Gasteiger charge is 2.29. The van der Waals surface area contributed by atoms with Gasteiger partial charge in [-0.1, -0.05) is 12.1 Å². The van der Waals surface area contributed by atoms with Crippen molar-refractivity contribution < 1.29 is 0 Å². The molecule has 0 atom stereocenters. The number of nitrogens with one attached hydrogen (secondary N) is 1. The third kappa shape index (κ3) is 2.43. The molecule has 3 rings (SSSR count). The molecule has 2 aromatic rings. The van der Waals surface area contributed by atoms with Crippen molar-refractivity contribution in [2.24, 2.45) is 5.29 Å². The summed E-state index contributed by atoms with van der Waals surface area (Å²) in [6.45, 7) is 6.44. The minimum absolute atomic E-state index is 0.0589. The first-order valence-corrected chi connectivity index (χ1v) is 7.35. The molecule has 0 unspecified atom stereocenters.